The highest BCUT2D eigenvalue weighted by molar-refractivity contribution is 7.93. The fourth-order valence-corrected chi connectivity index (χ4v) is 4.93. The molecule has 10 nitrogen and oxygen atoms in total. The normalized spacial score (nSPS) is 17.4. The zero-order valence-electron chi connectivity index (χ0n) is 14.6. The number of aromatic nitrogens is 3. The summed E-state index contributed by atoms with van der Waals surface area (Å²) < 4.78 is 29.6. The molecular weight excluding hydrogens is 394 g/mol. The predicted molar refractivity (Wildman–Crippen MR) is 96.2 cm³/mol. The molecule has 0 radical (unpaired) electrons. The molecule has 0 saturated carbocycles. The first-order chi connectivity index (χ1) is 12.8. The van der Waals surface area contributed by atoms with E-state index >= 15 is 0 Å². The number of urea groups is 1. The van der Waals surface area contributed by atoms with E-state index in [1.807, 2.05) is 0 Å². The lowest BCUT2D eigenvalue weighted by molar-refractivity contribution is 0.0331. The summed E-state index contributed by atoms with van der Waals surface area (Å²) in [5, 5.41) is 7.58. The van der Waals surface area contributed by atoms with E-state index in [0.29, 0.717) is 6.42 Å². The Morgan fingerprint density at radius 3 is 2.85 bits per heavy atom. The Kier molecular flexibility index (Phi) is 5.37. The Labute approximate surface area is 159 Å². The average Bonchev–Trinajstić information content (AvgIpc) is 3.22. The van der Waals surface area contributed by atoms with E-state index in [0.717, 1.165) is 16.2 Å². The largest absolute Gasteiger partial charge is 0.435 e. The maximum Gasteiger partial charge on any atom is 0.341 e. The molecule has 2 amide bonds. The highest BCUT2D eigenvalue weighted by Gasteiger charge is 2.41. The summed E-state index contributed by atoms with van der Waals surface area (Å²) in [4.78, 5) is 31.1. The second-order valence-corrected chi connectivity index (χ2v) is 9.04. The number of hydrogen-bond acceptors (Lipinski definition) is 9. The average molecular weight is 411 g/mol. The van der Waals surface area contributed by atoms with Gasteiger partial charge in [0.25, 0.3) is 0 Å². The van der Waals surface area contributed by atoms with Crippen LogP contribution in [0.15, 0.2) is 28.9 Å². The third kappa shape index (κ3) is 3.90. The Morgan fingerprint density at radius 2 is 2.19 bits per heavy atom. The minimum absolute atomic E-state index is 0.0583. The number of amides is 2. The molecule has 0 spiro atoms. The summed E-state index contributed by atoms with van der Waals surface area (Å²) in [5.74, 6) is -0.709. The van der Waals surface area contributed by atoms with Crippen molar-refractivity contribution in [3.05, 3.63) is 30.1 Å². The first kappa shape index (κ1) is 19.2. The standard InChI is InChI=1S/C15H17N5O5S2/c1-3-7-27(23,24)14-18-17-13(26-14)20-11(9-19(2)15(20)22)25-12(21)10-5-4-6-16-8-10/h4-6,8,11H,3,7,9H2,1-2H3. The molecule has 1 fully saturated rings. The molecule has 1 atom stereocenters. The number of sulfone groups is 1. The molecule has 0 N–H and O–H groups in total. The van der Waals surface area contributed by atoms with Crippen molar-refractivity contribution in [2.75, 3.05) is 24.2 Å². The van der Waals surface area contributed by atoms with Crippen LogP contribution in [-0.4, -0.2) is 66.1 Å². The summed E-state index contributed by atoms with van der Waals surface area (Å²) in [6, 6.07) is 2.67. The van der Waals surface area contributed by atoms with Crippen molar-refractivity contribution in [3.63, 3.8) is 0 Å². The van der Waals surface area contributed by atoms with Crippen LogP contribution in [0, 0.1) is 0 Å². The summed E-state index contributed by atoms with van der Waals surface area (Å²) in [6.45, 7) is 1.85. The number of hydrogen-bond donors (Lipinski definition) is 0. The van der Waals surface area contributed by atoms with E-state index in [2.05, 4.69) is 15.2 Å². The van der Waals surface area contributed by atoms with Gasteiger partial charge in [-0.25, -0.2) is 22.9 Å². The van der Waals surface area contributed by atoms with E-state index in [4.69, 9.17) is 4.74 Å². The lowest BCUT2D eigenvalue weighted by Crippen LogP contribution is -2.37. The topological polar surface area (TPSA) is 123 Å². The summed E-state index contributed by atoms with van der Waals surface area (Å²) in [5.41, 5.74) is 0.239. The lowest BCUT2D eigenvalue weighted by Gasteiger charge is -2.19. The van der Waals surface area contributed by atoms with E-state index in [-0.39, 0.29) is 27.3 Å². The van der Waals surface area contributed by atoms with Crippen LogP contribution < -0.4 is 4.90 Å². The molecule has 0 aliphatic carbocycles. The van der Waals surface area contributed by atoms with Crippen LogP contribution in [0.1, 0.15) is 23.7 Å². The van der Waals surface area contributed by atoms with Crippen molar-refractivity contribution in [2.24, 2.45) is 0 Å². The van der Waals surface area contributed by atoms with Crippen molar-refractivity contribution in [1.29, 1.82) is 0 Å². The molecule has 1 aliphatic heterocycles. The van der Waals surface area contributed by atoms with Crippen LogP contribution in [0.5, 0.6) is 0 Å². The minimum atomic E-state index is -3.56. The molecule has 0 aromatic carbocycles. The fourth-order valence-electron chi connectivity index (χ4n) is 2.45. The van der Waals surface area contributed by atoms with E-state index in [9.17, 15) is 18.0 Å². The molecule has 0 bridgehead atoms. The Hall–Kier alpha value is -2.60. The van der Waals surface area contributed by atoms with Crippen LogP contribution in [0.25, 0.3) is 0 Å². The maximum absolute atomic E-state index is 12.5. The third-order valence-corrected chi connectivity index (χ3v) is 7.02. The predicted octanol–water partition coefficient (Wildman–Crippen LogP) is 1.17. The molecule has 144 valence electrons. The van der Waals surface area contributed by atoms with Gasteiger partial charge < -0.3 is 9.64 Å². The van der Waals surface area contributed by atoms with E-state index in [1.54, 1.807) is 26.1 Å². The zero-order valence-corrected chi connectivity index (χ0v) is 16.2. The number of esters is 1. The first-order valence-electron chi connectivity index (χ1n) is 8.05. The van der Waals surface area contributed by atoms with Gasteiger partial charge in [0.2, 0.25) is 25.5 Å². The van der Waals surface area contributed by atoms with Gasteiger partial charge in [-0.15, -0.1) is 10.2 Å². The van der Waals surface area contributed by atoms with Crippen molar-refractivity contribution >= 4 is 38.3 Å². The molecule has 2 aromatic rings. The second-order valence-electron chi connectivity index (χ2n) is 5.80. The van der Waals surface area contributed by atoms with Crippen LogP contribution >= 0.6 is 11.3 Å². The first-order valence-corrected chi connectivity index (χ1v) is 10.5. The monoisotopic (exact) mass is 411 g/mol. The molecule has 3 heterocycles. The number of pyridine rings is 1. The Bertz CT molecular complexity index is 947. The van der Waals surface area contributed by atoms with Gasteiger partial charge in [-0.2, -0.15) is 0 Å². The van der Waals surface area contributed by atoms with Crippen LogP contribution in [0.3, 0.4) is 0 Å². The molecule has 3 rings (SSSR count). The number of likely N-dealkylation sites (N-methyl/N-ethyl adjacent to an activating group) is 1. The Morgan fingerprint density at radius 1 is 1.41 bits per heavy atom. The smallest absolute Gasteiger partial charge is 0.341 e. The van der Waals surface area contributed by atoms with Crippen molar-refractivity contribution in [1.82, 2.24) is 20.1 Å². The third-order valence-electron chi connectivity index (χ3n) is 3.73. The summed E-state index contributed by atoms with van der Waals surface area (Å²) in [7, 11) is -2.01. The van der Waals surface area contributed by atoms with E-state index < -0.39 is 28.1 Å². The van der Waals surface area contributed by atoms with Gasteiger partial charge >= 0.3 is 12.0 Å². The Balaban J connectivity index is 1.85. The van der Waals surface area contributed by atoms with Gasteiger partial charge in [0.1, 0.15) is 0 Å². The number of carbonyl (C=O) groups is 2. The minimum Gasteiger partial charge on any atom is -0.435 e. The number of rotatable bonds is 6. The fraction of sp³-hybridized carbons (Fsp3) is 0.400. The number of carbonyl (C=O) groups excluding carboxylic acids is 2. The van der Waals surface area contributed by atoms with Gasteiger partial charge in [-0.3, -0.25) is 4.98 Å². The molecule has 2 aromatic heterocycles. The molecule has 1 saturated heterocycles. The highest BCUT2D eigenvalue weighted by atomic mass is 32.2. The lowest BCUT2D eigenvalue weighted by atomic mass is 10.3. The van der Waals surface area contributed by atoms with Crippen molar-refractivity contribution in [3.8, 4) is 0 Å². The van der Waals surface area contributed by atoms with Crippen LogP contribution in [0.2, 0.25) is 0 Å². The molecular formula is C15H17N5O5S2. The van der Waals surface area contributed by atoms with Crippen LogP contribution in [-0.2, 0) is 14.6 Å². The number of ether oxygens (including phenoxy) is 1. The number of anilines is 1. The molecule has 1 aliphatic rings. The SMILES string of the molecule is CCCS(=O)(=O)c1nnc(N2C(=O)N(C)CC2OC(=O)c2cccnc2)s1. The second kappa shape index (κ2) is 7.56. The summed E-state index contributed by atoms with van der Waals surface area (Å²) in [6.07, 6.45) is 2.36. The van der Waals surface area contributed by atoms with Gasteiger partial charge in [0.05, 0.1) is 17.9 Å². The molecule has 12 heteroatoms. The quantitative estimate of drug-likeness (QED) is 0.513. The zero-order chi connectivity index (χ0) is 19.6. The maximum atomic E-state index is 12.5. The van der Waals surface area contributed by atoms with Crippen molar-refractivity contribution in [2.45, 2.75) is 23.9 Å². The molecule has 1 unspecified atom stereocenters. The van der Waals surface area contributed by atoms with E-state index in [1.165, 1.54) is 17.3 Å². The van der Waals surface area contributed by atoms with Crippen LogP contribution in [0.4, 0.5) is 9.93 Å². The van der Waals surface area contributed by atoms with Gasteiger partial charge in [-0.05, 0) is 18.6 Å². The number of nitrogens with zero attached hydrogens (tertiary/aromatic N) is 5. The van der Waals surface area contributed by atoms with Gasteiger partial charge in [-0.1, -0.05) is 18.3 Å². The molecule has 27 heavy (non-hydrogen) atoms. The van der Waals surface area contributed by atoms with Crippen molar-refractivity contribution < 1.29 is 22.7 Å². The van der Waals surface area contributed by atoms with Gasteiger partial charge in [0.15, 0.2) is 0 Å². The highest BCUT2D eigenvalue weighted by Crippen LogP contribution is 2.30. The van der Waals surface area contributed by atoms with Gasteiger partial charge in [0, 0.05) is 19.4 Å². The summed E-state index contributed by atoms with van der Waals surface area (Å²) >= 11 is 0.774.